The van der Waals surface area contributed by atoms with Gasteiger partial charge in [-0.3, -0.25) is 4.90 Å². The van der Waals surface area contributed by atoms with Gasteiger partial charge in [-0.1, -0.05) is 6.42 Å². The first-order valence-electron chi connectivity index (χ1n) is 7.27. The average molecular weight is 270 g/mol. The Balaban J connectivity index is 2.03. The van der Waals surface area contributed by atoms with E-state index in [0.717, 1.165) is 25.7 Å². The van der Waals surface area contributed by atoms with E-state index in [2.05, 4.69) is 5.32 Å². The van der Waals surface area contributed by atoms with Gasteiger partial charge in [0.2, 0.25) is 0 Å². The van der Waals surface area contributed by atoms with E-state index in [4.69, 9.17) is 4.74 Å². The Morgan fingerprint density at radius 2 is 1.84 bits per heavy atom. The number of rotatable bonds is 2. The normalized spacial score (nSPS) is 23.6. The minimum Gasteiger partial charge on any atom is -0.446 e. The minimum absolute atomic E-state index is 0.0164. The fourth-order valence-electron chi connectivity index (χ4n) is 2.95. The van der Waals surface area contributed by atoms with Crippen LogP contribution in [0, 0.1) is 0 Å². The maximum atomic E-state index is 12.4. The molecule has 2 aliphatic rings. The zero-order valence-corrected chi connectivity index (χ0v) is 12.2. The number of nitrogens with one attached hydrogen (secondary N) is 1. The van der Waals surface area contributed by atoms with Crippen LogP contribution in [0.15, 0.2) is 0 Å². The van der Waals surface area contributed by atoms with Crippen LogP contribution < -0.4 is 5.32 Å². The number of carbonyl (C=O) groups excluding carboxylic acids is 1. The lowest BCUT2D eigenvalue weighted by atomic mass is 9.96. The summed E-state index contributed by atoms with van der Waals surface area (Å²) >= 11 is 0. The fourth-order valence-corrected chi connectivity index (χ4v) is 2.95. The summed E-state index contributed by atoms with van der Waals surface area (Å²) < 4.78 is 5.60. The van der Waals surface area contributed by atoms with Crippen LogP contribution in [-0.4, -0.2) is 46.6 Å². The molecule has 1 heterocycles. The van der Waals surface area contributed by atoms with Crippen LogP contribution in [0.2, 0.25) is 0 Å². The van der Waals surface area contributed by atoms with Gasteiger partial charge in [0.05, 0.1) is 0 Å². The Hall–Kier alpha value is -0.810. The quantitative estimate of drug-likeness (QED) is 0.752. The number of carbonyl (C=O) groups is 1. The van der Waals surface area contributed by atoms with Crippen molar-refractivity contribution in [2.75, 3.05) is 13.1 Å². The van der Waals surface area contributed by atoms with Crippen molar-refractivity contribution >= 4 is 6.09 Å². The van der Waals surface area contributed by atoms with Gasteiger partial charge in [0.1, 0.15) is 6.10 Å². The lowest BCUT2D eigenvalue weighted by molar-refractivity contribution is -0.162. The number of β-amino-alcohol motifs (C(OH)–C–C–N with tert-alkyl or cyclic N) is 1. The average Bonchev–Trinajstić information content (AvgIpc) is 2.26. The van der Waals surface area contributed by atoms with Crippen LogP contribution >= 0.6 is 0 Å². The fraction of sp³-hybridized carbons (Fsp3) is 0.929. The number of ether oxygens (including phenoxy) is 1. The summed E-state index contributed by atoms with van der Waals surface area (Å²) in [5.74, 6) is 0. The Bertz CT molecular complexity index is 328. The molecule has 1 saturated heterocycles. The molecule has 2 fully saturated rings. The minimum atomic E-state index is -1.11. The molecule has 19 heavy (non-hydrogen) atoms. The first-order valence-corrected chi connectivity index (χ1v) is 7.27. The monoisotopic (exact) mass is 270 g/mol. The predicted octanol–water partition coefficient (Wildman–Crippen LogP) is 1.85. The van der Waals surface area contributed by atoms with Gasteiger partial charge in [0.15, 0.2) is 5.72 Å². The molecule has 0 bridgehead atoms. The van der Waals surface area contributed by atoms with Gasteiger partial charge in [-0.05, 0) is 46.5 Å². The molecule has 0 atom stereocenters. The van der Waals surface area contributed by atoms with Crippen molar-refractivity contribution in [3.05, 3.63) is 0 Å². The highest BCUT2D eigenvalue weighted by atomic mass is 16.6. The van der Waals surface area contributed by atoms with Crippen LogP contribution in [0.5, 0.6) is 0 Å². The molecule has 0 unspecified atom stereocenters. The second kappa shape index (κ2) is 5.29. The van der Waals surface area contributed by atoms with Crippen molar-refractivity contribution in [1.29, 1.82) is 0 Å². The summed E-state index contributed by atoms with van der Waals surface area (Å²) in [6.45, 7) is 6.58. The molecule has 1 aliphatic carbocycles. The van der Waals surface area contributed by atoms with E-state index >= 15 is 0 Å². The first kappa shape index (κ1) is 14.6. The van der Waals surface area contributed by atoms with Crippen molar-refractivity contribution in [3.63, 3.8) is 0 Å². The van der Waals surface area contributed by atoms with Gasteiger partial charge in [-0.15, -0.1) is 0 Å². The molecule has 2 rings (SSSR count). The van der Waals surface area contributed by atoms with Gasteiger partial charge >= 0.3 is 6.09 Å². The van der Waals surface area contributed by atoms with Crippen LogP contribution in [0.3, 0.4) is 0 Å². The van der Waals surface area contributed by atoms with E-state index in [1.807, 2.05) is 20.8 Å². The van der Waals surface area contributed by atoms with Gasteiger partial charge in [-0.25, -0.2) is 4.79 Å². The topological polar surface area (TPSA) is 61.8 Å². The van der Waals surface area contributed by atoms with Crippen molar-refractivity contribution in [2.45, 2.75) is 70.2 Å². The van der Waals surface area contributed by atoms with Crippen LogP contribution in [0.25, 0.3) is 0 Å². The Morgan fingerprint density at radius 3 is 2.26 bits per heavy atom. The summed E-state index contributed by atoms with van der Waals surface area (Å²) in [6.07, 6.45) is 5.00. The van der Waals surface area contributed by atoms with E-state index in [1.165, 1.54) is 11.3 Å². The lowest BCUT2D eigenvalue weighted by Gasteiger charge is -2.51. The molecule has 5 heteroatoms. The molecule has 110 valence electrons. The predicted molar refractivity (Wildman–Crippen MR) is 72.8 cm³/mol. The molecular weight excluding hydrogens is 244 g/mol. The van der Waals surface area contributed by atoms with E-state index in [9.17, 15) is 9.90 Å². The van der Waals surface area contributed by atoms with E-state index < -0.39 is 11.3 Å². The van der Waals surface area contributed by atoms with Crippen LogP contribution in [0.1, 0.15) is 52.9 Å². The van der Waals surface area contributed by atoms with Gasteiger partial charge in [0, 0.05) is 18.6 Å². The number of hydrogen-bond acceptors (Lipinski definition) is 4. The van der Waals surface area contributed by atoms with Crippen LogP contribution in [-0.2, 0) is 4.74 Å². The highest BCUT2D eigenvalue weighted by Gasteiger charge is 2.49. The molecular formula is C14H26N2O3. The zero-order valence-electron chi connectivity index (χ0n) is 12.2. The second-order valence-electron chi connectivity index (χ2n) is 6.74. The summed E-state index contributed by atoms with van der Waals surface area (Å²) in [6, 6.07) is 0. The molecule has 2 N–H and O–H groups in total. The van der Waals surface area contributed by atoms with E-state index in [1.54, 1.807) is 0 Å². The van der Waals surface area contributed by atoms with E-state index in [0.29, 0.717) is 13.1 Å². The number of hydrogen-bond donors (Lipinski definition) is 2. The SMILES string of the molecule is CC(C)(C)N(C(=O)OC1CCCCC1)C1(O)CNC1. The third-order valence-electron chi connectivity index (χ3n) is 3.91. The van der Waals surface area contributed by atoms with Crippen LogP contribution in [0.4, 0.5) is 4.79 Å². The molecule has 1 aliphatic heterocycles. The third kappa shape index (κ3) is 3.20. The summed E-state index contributed by atoms with van der Waals surface area (Å²) in [4.78, 5) is 13.9. The van der Waals surface area contributed by atoms with Gasteiger partial charge in [-0.2, -0.15) is 0 Å². The van der Waals surface area contributed by atoms with Crippen molar-refractivity contribution < 1.29 is 14.6 Å². The molecule has 0 radical (unpaired) electrons. The molecule has 0 spiro atoms. The zero-order chi connectivity index (χ0) is 14.1. The first-order chi connectivity index (χ1) is 8.83. The van der Waals surface area contributed by atoms with Crippen molar-refractivity contribution in [3.8, 4) is 0 Å². The van der Waals surface area contributed by atoms with E-state index in [-0.39, 0.29) is 12.2 Å². The Labute approximate surface area is 115 Å². The molecule has 5 nitrogen and oxygen atoms in total. The second-order valence-corrected chi connectivity index (χ2v) is 6.74. The molecule has 0 aromatic rings. The number of aliphatic hydroxyl groups is 1. The maximum absolute atomic E-state index is 12.4. The maximum Gasteiger partial charge on any atom is 0.412 e. The Morgan fingerprint density at radius 1 is 1.26 bits per heavy atom. The van der Waals surface area contributed by atoms with Crippen molar-refractivity contribution in [2.24, 2.45) is 0 Å². The molecule has 1 amide bonds. The van der Waals surface area contributed by atoms with Gasteiger partial charge < -0.3 is 15.2 Å². The number of amides is 1. The summed E-state index contributed by atoms with van der Waals surface area (Å²) in [5, 5.41) is 13.5. The summed E-state index contributed by atoms with van der Waals surface area (Å²) in [5.41, 5.74) is -1.56. The standard InChI is InChI=1S/C14H26N2O3/c1-13(2,3)16(14(18)9-15-10-14)12(17)19-11-7-5-4-6-8-11/h11,15,18H,4-10H2,1-3H3. The number of nitrogens with zero attached hydrogens (tertiary/aromatic N) is 1. The van der Waals surface area contributed by atoms with Gasteiger partial charge in [0.25, 0.3) is 0 Å². The smallest absolute Gasteiger partial charge is 0.412 e. The Kier molecular flexibility index (Phi) is 4.06. The molecule has 0 aromatic heterocycles. The molecule has 0 aromatic carbocycles. The summed E-state index contributed by atoms with van der Waals surface area (Å²) in [7, 11) is 0. The highest BCUT2D eigenvalue weighted by Crippen LogP contribution is 2.29. The van der Waals surface area contributed by atoms with Crippen molar-refractivity contribution in [1.82, 2.24) is 10.2 Å². The molecule has 1 saturated carbocycles. The lowest BCUT2D eigenvalue weighted by Crippen LogP contribution is -2.74. The highest BCUT2D eigenvalue weighted by molar-refractivity contribution is 5.70. The third-order valence-corrected chi connectivity index (χ3v) is 3.91. The largest absolute Gasteiger partial charge is 0.446 e.